The Hall–Kier alpha value is -4.27. The summed E-state index contributed by atoms with van der Waals surface area (Å²) in [6.45, 7) is 5.52. The molecule has 0 saturated heterocycles. The highest BCUT2D eigenvalue weighted by atomic mass is 16.5. The normalized spacial score (nSPS) is 20.4. The fourth-order valence-electron chi connectivity index (χ4n) is 5.55. The van der Waals surface area contributed by atoms with Crippen LogP contribution < -0.4 is 19.5 Å². The van der Waals surface area contributed by atoms with Gasteiger partial charge in [-0.15, -0.1) is 0 Å². The summed E-state index contributed by atoms with van der Waals surface area (Å²) in [5.41, 5.74) is 3.30. The number of hydrogen-bond acceptors (Lipinski definition) is 9. The molecule has 0 aromatic heterocycles. The second kappa shape index (κ2) is 12.3. The molecular weight excluding hydrogens is 514 g/mol. The number of nitrogens with one attached hydrogen (secondary N) is 1. The topological polar surface area (TPSA) is 109 Å². The zero-order valence-electron chi connectivity index (χ0n) is 23.7. The van der Waals surface area contributed by atoms with E-state index in [9.17, 15) is 14.4 Å². The molecule has 1 aliphatic carbocycles. The van der Waals surface area contributed by atoms with E-state index in [4.69, 9.17) is 23.7 Å². The molecule has 3 atom stereocenters. The van der Waals surface area contributed by atoms with Gasteiger partial charge in [-0.25, -0.2) is 4.79 Å². The Bertz CT molecular complexity index is 1360. The maximum Gasteiger partial charge on any atom is 0.336 e. The van der Waals surface area contributed by atoms with Crippen LogP contribution >= 0.6 is 0 Å². The first-order valence-corrected chi connectivity index (χ1v) is 13.2. The lowest BCUT2D eigenvalue weighted by Gasteiger charge is -2.39. The van der Waals surface area contributed by atoms with E-state index in [0.717, 1.165) is 5.56 Å². The number of methoxy groups -OCH3 is 3. The first-order chi connectivity index (χ1) is 19.3. The van der Waals surface area contributed by atoms with Crippen LogP contribution in [-0.4, -0.2) is 52.3 Å². The van der Waals surface area contributed by atoms with E-state index >= 15 is 0 Å². The van der Waals surface area contributed by atoms with Gasteiger partial charge in [0.1, 0.15) is 11.7 Å². The zero-order chi connectivity index (χ0) is 29.0. The van der Waals surface area contributed by atoms with Crippen LogP contribution in [0, 0.1) is 5.92 Å². The van der Waals surface area contributed by atoms with Gasteiger partial charge in [-0.05, 0) is 62.6 Å². The molecule has 0 amide bonds. The van der Waals surface area contributed by atoms with Crippen LogP contribution in [0.2, 0.25) is 0 Å². The monoisotopic (exact) mass is 549 g/mol. The number of carbonyl (C=O) groups is 3. The predicted molar refractivity (Wildman–Crippen MR) is 147 cm³/mol. The summed E-state index contributed by atoms with van der Waals surface area (Å²) in [6.07, 6.45) is 0.355. The number of ketones is 1. The number of allylic oxidation sites excluding steroid dienone is 3. The van der Waals surface area contributed by atoms with Crippen molar-refractivity contribution in [1.82, 2.24) is 5.32 Å². The summed E-state index contributed by atoms with van der Waals surface area (Å²) in [5.74, 6) is -2.30. The van der Waals surface area contributed by atoms with Crippen molar-refractivity contribution in [2.24, 2.45) is 5.92 Å². The molecule has 9 nitrogen and oxygen atoms in total. The number of ether oxygens (including phenoxy) is 5. The fourth-order valence-corrected chi connectivity index (χ4v) is 5.55. The maximum absolute atomic E-state index is 14.4. The standard InChI is InChI=1S/C31H35NO8/c1-7-39-30(34)25-17(3)32-22-16-21(18-9-12-20(36-4)13-10-18)27(31(35)40-8-2)29(33)28(22)26(25)19-11-14-23(37-5)24(15-19)38-6/h9-15,21,26-27,32H,7-8,16H2,1-6H3/t21-,26-,27+/m1/s1. The van der Waals surface area contributed by atoms with Gasteiger partial charge in [-0.2, -0.15) is 0 Å². The molecule has 9 heteroatoms. The fraction of sp³-hybridized carbons (Fsp3) is 0.387. The van der Waals surface area contributed by atoms with Crippen LogP contribution in [0.15, 0.2) is 65.0 Å². The minimum Gasteiger partial charge on any atom is -0.497 e. The minimum atomic E-state index is -1.10. The van der Waals surface area contributed by atoms with Gasteiger partial charge in [-0.1, -0.05) is 18.2 Å². The van der Waals surface area contributed by atoms with Crippen molar-refractivity contribution in [3.05, 3.63) is 76.1 Å². The smallest absolute Gasteiger partial charge is 0.336 e. The number of esters is 2. The van der Waals surface area contributed by atoms with Crippen LogP contribution in [0.5, 0.6) is 17.2 Å². The van der Waals surface area contributed by atoms with E-state index in [2.05, 4.69) is 5.32 Å². The molecule has 1 N–H and O–H groups in total. The first kappa shape index (κ1) is 28.7. The largest absolute Gasteiger partial charge is 0.497 e. The molecule has 0 fully saturated rings. The van der Waals surface area contributed by atoms with E-state index < -0.39 is 35.5 Å². The summed E-state index contributed by atoms with van der Waals surface area (Å²) < 4.78 is 27.0. The number of rotatable bonds is 9. The van der Waals surface area contributed by atoms with Crippen molar-refractivity contribution in [3.63, 3.8) is 0 Å². The van der Waals surface area contributed by atoms with E-state index in [1.165, 1.54) is 14.2 Å². The summed E-state index contributed by atoms with van der Waals surface area (Å²) in [7, 11) is 4.63. The molecule has 2 aromatic rings. The van der Waals surface area contributed by atoms with Crippen LogP contribution in [0.25, 0.3) is 0 Å². The van der Waals surface area contributed by atoms with Crippen LogP contribution in [0.3, 0.4) is 0 Å². The van der Waals surface area contributed by atoms with Crippen molar-refractivity contribution in [2.45, 2.75) is 39.0 Å². The highest BCUT2D eigenvalue weighted by molar-refractivity contribution is 6.13. The van der Waals surface area contributed by atoms with Crippen molar-refractivity contribution in [3.8, 4) is 17.2 Å². The lowest BCUT2D eigenvalue weighted by atomic mass is 9.67. The molecule has 0 spiro atoms. The molecule has 1 aliphatic heterocycles. The number of carbonyl (C=O) groups excluding carboxylic acids is 3. The van der Waals surface area contributed by atoms with E-state index in [0.29, 0.717) is 51.8 Å². The van der Waals surface area contributed by atoms with Gasteiger partial charge in [0.05, 0.1) is 40.1 Å². The van der Waals surface area contributed by atoms with Gasteiger partial charge >= 0.3 is 11.9 Å². The molecule has 0 bridgehead atoms. The Kier molecular flexibility index (Phi) is 8.82. The molecule has 1 heterocycles. The molecule has 0 radical (unpaired) electrons. The van der Waals surface area contributed by atoms with E-state index in [1.807, 2.05) is 12.1 Å². The SMILES string of the molecule is CCOC(=O)C1=C(C)NC2=C(C(=O)[C@@H](C(=O)OCC)[C@@H](c3ccc(OC)cc3)C2)[C@@H]1c1ccc(OC)c(OC)c1. The van der Waals surface area contributed by atoms with E-state index in [-0.39, 0.29) is 13.2 Å². The van der Waals surface area contributed by atoms with Crippen molar-refractivity contribution < 1.29 is 38.1 Å². The van der Waals surface area contributed by atoms with Crippen molar-refractivity contribution >= 4 is 17.7 Å². The maximum atomic E-state index is 14.4. The second-order valence-corrected chi connectivity index (χ2v) is 9.50. The number of dihydropyridines is 1. The number of Topliss-reactive ketones (excluding diaryl/α,β-unsaturated/α-hetero) is 1. The summed E-state index contributed by atoms with van der Waals surface area (Å²) >= 11 is 0. The molecule has 40 heavy (non-hydrogen) atoms. The van der Waals surface area contributed by atoms with Crippen molar-refractivity contribution in [2.75, 3.05) is 34.5 Å². The predicted octanol–water partition coefficient (Wildman–Crippen LogP) is 4.43. The summed E-state index contributed by atoms with van der Waals surface area (Å²) in [5, 5.41) is 3.31. The van der Waals surface area contributed by atoms with Gasteiger partial charge < -0.3 is 29.0 Å². The van der Waals surface area contributed by atoms with E-state index in [1.54, 1.807) is 58.2 Å². The third-order valence-electron chi connectivity index (χ3n) is 7.34. The molecule has 0 unspecified atom stereocenters. The third kappa shape index (κ3) is 5.28. The Labute approximate surface area is 234 Å². The third-order valence-corrected chi connectivity index (χ3v) is 7.34. The van der Waals surface area contributed by atoms with Gasteiger partial charge in [0.15, 0.2) is 17.3 Å². The van der Waals surface area contributed by atoms with Crippen molar-refractivity contribution in [1.29, 1.82) is 0 Å². The van der Waals surface area contributed by atoms with Gasteiger partial charge in [0.2, 0.25) is 0 Å². The Morgan fingerprint density at radius 3 is 2.12 bits per heavy atom. The second-order valence-electron chi connectivity index (χ2n) is 9.50. The minimum absolute atomic E-state index is 0.133. The molecule has 4 rings (SSSR count). The number of hydrogen-bond donors (Lipinski definition) is 1. The lowest BCUT2D eigenvalue weighted by molar-refractivity contribution is -0.152. The molecule has 2 aliphatic rings. The highest BCUT2D eigenvalue weighted by Gasteiger charge is 2.49. The molecule has 0 saturated carbocycles. The van der Waals surface area contributed by atoms with Gasteiger partial charge in [-0.3, -0.25) is 9.59 Å². The molecular formula is C31H35NO8. The Balaban J connectivity index is 1.91. The average molecular weight is 550 g/mol. The van der Waals surface area contributed by atoms with Gasteiger partial charge in [0.25, 0.3) is 0 Å². The van der Waals surface area contributed by atoms with Crippen LogP contribution in [0.1, 0.15) is 50.2 Å². The zero-order valence-corrected chi connectivity index (χ0v) is 23.7. The summed E-state index contributed by atoms with van der Waals surface area (Å²) in [6, 6.07) is 12.6. The molecule has 2 aromatic carbocycles. The quantitative estimate of drug-likeness (QED) is 0.359. The first-order valence-electron chi connectivity index (χ1n) is 13.2. The average Bonchev–Trinajstić information content (AvgIpc) is 2.96. The van der Waals surface area contributed by atoms with Crippen LogP contribution in [-0.2, 0) is 23.9 Å². The van der Waals surface area contributed by atoms with Gasteiger partial charge in [0, 0.05) is 28.8 Å². The highest BCUT2D eigenvalue weighted by Crippen LogP contribution is 2.49. The Morgan fingerprint density at radius 2 is 1.52 bits per heavy atom. The lowest BCUT2D eigenvalue weighted by Crippen LogP contribution is -2.43. The molecule has 212 valence electrons. The Morgan fingerprint density at radius 1 is 0.875 bits per heavy atom. The number of benzene rings is 2. The van der Waals surface area contributed by atoms with Crippen LogP contribution in [0.4, 0.5) is 0 Å². The summed E-state index contributed by atoms with van der Waals surface area (Å²) in [4.78, 5) is 41.1.